The van der Waals surface area contributed by atoms with Crippen LogP contribution in [0, 0.1) is 0 Å². The summed E-state index contributed by atoms with van der Waals surface area (Å²) in [7, 11) is 3.74. The molecule has 8 heteroatoms. The van der Waals surface area contributed by atoms with Crippen LogP contribution in [0.4, 0.5) is 11.4 Å². The van der Waals surface area contributed by atoms with Gasteiger partial charge in [-0.1, -0.05) is 6.92 Å². The standard InChI is InChI=1S/C23H30N6O2/c1-4-16-10-20-21(27-22(16)30)9-15(11-25-20)13-28(3)18-7-8-29(14-18)17-5-6-19(26-12-17)23(31)24-2/h5-6,9-12,18,22,27,30H,4,7-8,13-14H2,1-3H3,(H,24,31). The first-order valence-electron chi connectivity index (χ1n) is 10.8. The van der Waals surface area contributed by atoms with Gasteiger partial charge in [0.1, 0.15) is 11.9 Å². The molecule has 2 aliphatic heterocycles. The molecular formula is C23H30N6O2. The summed E-state index contributed by atoms with van der Waals surface area (Å²) in [4.78, 5) is 25.2. The molecule has 1 fully saturated rings. The Morgan fingerprint density at radius 2 is 2.19 bits per heavy atom. The highest BCUT2D eigenvalue weighted by Gasteiger charge is 2.27. The average Bonchev–Trinajstić information content (AvgIpc) is 3.28. The van der Waals surface area contributed by atoms with E-state index in [1.165, 1.54) is 0 Å². The number of anilines is 2. The van der Waals surface area contributed by atoms with Crippen molar-refractivity contribution in [3.05, 3.63) is 53.1 Å². The minimum absolute atomic E-state index is 0.173. The molecule has 2 unspecified atom stereocenters. The Bertz CT molecular complexity index is 975. The number of amides is 1. The van der Waals surface area contributed by atoms with Crippen LogP contribution in [0.15, 0.2) is 36.2 Å². The average molecular weight is 423 g/mol. The summed E-state index contributed by atoms with van der Waals surface area (Å²) in [5.41, 5.74) is 5.30. The zero-order valence-electron chi connectivity index (χ0n) is 18.3. The number of likely N-dealkylation sites (N-methyl/N-ethyl adjacent to an activating group) is 1. The highest BCUT2D eigenvalue weighted by Crippen LogP contribution is 2.28. The lowest BCUT2D eigenvalue weighted by Gasteiger charge is -2.27. The number of aliphatic hydroxyl groups excluding tert-OH is 1. The summed E-state index contributed by atoms with van der Waals surface area (Å²) in [5.74, 6) is -0.173. The van der Waals surface area contributed by atoms with Crippen molar-refractivity contribution in [3.8, 4) is 0 Å². The first kappa shape index (κ1) is 21.3. The molecule has 2 atom stereocenters. The Hall–Kier alpha value is -2.97. The van der Waals surface area contributed by atoms with Gasteiger partial charge in [-0.15, -0.1) is 0 Å². The van der Waals surface area contributed by atoms with Gasteiger partial charge in [0.05, 0.1) is 23.3 Å². The first-order chi connectivity index (χ1) is 15.0. The third-order valence-electron chi connectivity index (χ3n) is 6.14. The van der Waals surface area contributed by atoms with Gasteiger partial charge in [0.2, 0.25) is 0 Å². The fourth-order valence-electron chi connectivity index (χ4n) is 4.21. The predicted molar refractivity (Wildman–Crippen MR) is 122 cm³/mol. The van der Waals surface area contributed by atoms with Gasteiger partial charge in [0.15, 0.2) is 0 Å². The van der Waals surface area contributed by atoms with E-state index in [1.807, 2.05) is 25.3 Å². The number of pyridine rings is 2. The number of hydrogen-bond donors (Lipinski definition) is 3. The van der Waals surface area contributed by atoms with E-state index >= 15 is 0 Å². The molecule has 1 amide bonds. The van der Waals surface area contributed by atoms with Crippen molar-refractivity contribution in [1.82, 2.24) is 20.2 Å². The van der Waals surface area contributed by atoms with Crippen molar-refractivity contribution < 1.29 is 9.90 Å². The Balaban J connectivity index is 1.38. The van der Waals surface area contributed by atoms with Gasteiger partial charge < -0.3 is 20.6 Å². The van der Waals surface area contributed by atoms with Gasteiger partial charge >= 0.3 is 0 Å². The maximum atomic E-state index is 11.7. The Kier molecular flexibility index (Phi) is 6.20. The minimum Gasteiger partial charge on any atom is -0.370 e. The predicted octanol–water partition coefficient (Wildman–Crippen LogP) is 2.08. The lowest BCUT2D eigenvalue weighted by atomic mass is 10.0. The summed E-state index contributed by atoms with van der Waals surface area (Å²) in [5, 5.41) is 16.0. The van der Waals surface area contributed by atoms with Gasteiger partial charge in [0, 0.05) is 38.9 Å². The molecule has 0 spiro atoms. The van der Waals surface area contributed by atoms with Crippen molar-refractivity contribution in [1.29, 1.82) is 0 Å². The molecule has 0 aliphatic carbocycles. The van der Waals surface area contributed by atoms with Crippen LogP contribution in [0.2, 0.25) is 0 Å². The molecule has 0 aromatic carbocycles. The Labute approximate surface area is 183 Å². The lowest BCUT2D eigenvalue weighted by Crippen LogP contribution is -2.34. The highest BCUT2D eigenvalue weighted by atomic mass is 16.3. The fraction of sp³-hybridized carbons (Fsp3) is 0.435. The maximum absolute atomic E-state index is 11.7. The summed E-state index contributed by atoms with van der Waals surface area (Å²) in [6.45, 7) is 4.68. The summed E-state index contributed by atoms with van der Waals surface area (Å²) in [6, 6.07) is 6.23. The van der Waals surface area contributed by atoms with Crippen molar-refractivity contribution >= 4 is 23.4 Å². The van der Waals surface area contributed by atoms with Crippen molar-refractivity contribution in [2.45, 2.75) is 38.6 Å². The van der Waals surface area contributed by atoms with E-state index < -0.39 is 6.23 Å². The van der Waals surface area contributed by atoms with E-state index in [2.05, 4.69) is 43.5 Å². The van der Waals surface area contributed by atoms with Gasteiger partial charge in [-0.2, -0.15) is 0 Å². The van der Waals surface area contributed by atoms with Crippen LogP contribution >= 0.6 is 0 Å². The molecule has 4 heterocycles. The minimum atomic E-state index is -0.640. The number of aromatic nitrogens is 2. The summed E-state index contributed by atoms with van der Waals surface area (Å²) < 4.78 is 0. The molecule has 2 aliphatic rings. The molecule has 0 bridgehead atoms. The second-order valence-electron chi connectivity index (χ2n) is 8.18. The first-order valence-corrected chi connectivity index (χ1v) is 10.8. The topological polar surface area (TPSA) is 93.6 Å². The smallest absolute Gasteiger partial charge is 0.269 e. The number of rotatable bonds is 6. The van der Waals surface area contributed by atoms with E-state index in [0.29, 0.717) is 11.7 Å². The quantitative estimate of drug-likeness (QED) is 0.656. The SMILES string of the molecule is CCC1=Cc2ncc(CN(C)C3CCN(c4ccc(C(=O)NC)nc4)C3)cc2NC1O. The lowest BCUT2D eigenvalue weighted by molar-refractivity contribution is 0.0958. The number of aliphatic hydroxyl groups is 1. The Morgan fingerprint density at radius 1 is 1.35 bits per heavy atom. The van der Waals surface area contributed by atoms with E-state index in [4.69, 9.17) is 0 Å². The molecule has 164 valence electrons. The highest BCUT2D eigenvalue weighted by molar-refractivity contribution is 5.92. The van der Waals surface area contributed by atoms with Gasteiger partial charge in [0.25, 0.3) is 5.91 Å². The van der Waals surface area contributed by atoms with E-state index in [0.717, 1.165) is 60.7 Å². The van der Waals surface area contributed by atoms with Crippen molar-refractivity contribution in [2.24, 2.45) is 0 Å². The number of carbonyl (C=O) groups is 1. The number of hydrogen-bond acceptors (Lipinski definition) is 7. The van der Waals surface area contributed by atoms with Crippen molar-refractivity contribution in [3.63, 3.8) is 0 Å². The third-order valence-corrected chi connectivity index (χ3v) is 6.14. The normalized spacial score (nSPS) is 20.3. The Morgan fingerprint density at radius 3 is 2.90 bits per heavy atom. The van der Waals surface area contributed by atoms with Crippen LogP contribution < -0.4 is 15.5 Å². The molecule has 8 nitrogen and oxygen atoms in total. The monoisotopic (exact) mass is 422 g/mol. The number of nitrogens with one attached hydrogen (secondary N) is 2. The molecule has 2 aromatic heterocycles. The van der Waals surface area contributed by atoms with Crippen molar-refractivity contribution in [2.75, 3.05) is 37.4 Å². The molecule has 4 rings (SSSR count). The number of fused-ring (bicyclic) bond motifs is 1. The molecular weight excluding hydrogens is 392 g/mol. The number of nitrogens with zero attached hydrogens (tertiary/aromatic N) is 4. The van der Waals surface area contributed by atoms with E-state index in [1.54, 1.807) is 19.3 Å². The molecule has 0 saturated carbocycles. The van der Waals surface area contributed by atoms with Crippen LogP contribution in [-0.4, -0.2) is 65.3 Å². The largest absolute Gasteiger partial charge is 0.370 e. The van der Waals surface area contributed by atoms with Gasteiger partial charge in [-0.3, -0.25) is 14.7 Å². The summed E-state index contributed by atoms with van der Waals surface area (Å²) >= 11 is 0. The van der Waals surface area contributed by atoms with Crippen LogP contribution in [0.5, 0.6) is 0 Å². The zero-order valence-corrected chi connectivity index (χ0v) is 18.3. The van der Waals surface area contributed by atoms with Crippen LogP contribution in [-0.2, 0) is 6.54 Å². The summed E-state index contributed by atoms with van der Waals surface area (Å²) in [6.07, 6.45) is 6.89. The fourth-order valence-corrected chi connectivity index (χ4v) is 4.21. The molecule has 31 heavy (non-hydrogen) atoms. The molecule has 3 N–H and O–H groups in total. The zero-order chi connectivity index (χ0) is 22.0. The van der Waals surface area contributed by atoms with Gasteiger partial charge in [-0.25, -0.2) is 4.98 Å². The maximum Gasteiger partial charge on any atom is 0.269 e. The van der Waals surface area contributed by atoms with Crippen LogP contribution in [0.3, 0.4) is 0 Å². The molecule has 1 saturated heterocycles. The molecule has 2 aromatic rings. The second kappa shape index (κ2) is 9.03. The van der Waals surface area contributed by atoms with Gasteiger partial charge in [-0.05, 0) is 55.3 Å². The van der Waals surface area contributed by atoms with E-state index in [-0.39, 0.29) is 5.91 Å². The number of carbonyl (C=O) groups excluding carboxylic acids is 1. The van der Waals surface area contributed by atoms with Crippen LogP contribution in [0.25, 0.3) is 6.08 Å². The third kappa shape index (κ3) is 4.55. The van der Waals surface area contributed by atoms with E-state index in [9.17, 15) is 9.90 Å². The second-order valence-corrected chi connectivity index (χ2v) is 8.18. The molecule has 0 radical (unpaired) electrons. The van der Waals surface area contributed by atoms with Crippen LogP contribution in [0.1, 0.15) is 41.5 Å².